The van der Waals surface area contributed by atoms with Crippen LogP contribution in [0.15, 0.2) is 18.2 Å². The molecule has 25 heavy (non-hydrogen) atoms. The molecular formula is C19H28FN3O2. The number of amides is 1. The van der Waals surface area contributed by atoms with Crippen molar-refractivity contribution in [3.05, 3.63) is 24.0 Å². The highest BCUT2D eigenvalue weighted by molar-refractivity contribution is 5.92. The van der Waals surface area contributed by atoms with E-state index in [0.29, 0.717) is 0 Å². The molecule has 1 saturated carbocycles. The summed E-state index contributed by atoms with van der Waals surface area (Å²) in [7, 11) is 0. The Morgan fingerprint density at radius 3 is 2.44 bits per heavy atom. The number of benzene rings is 1. The normalized spacial score (nSPS) is 30.2. The van der Waals surface area contributed by atoms with Crippen LogP contribution >= 0.6 is 0 Å². The van der Waals surface area contributed by atoms with Crippen LogP contribution in [-0.2, 0) is 9.53 Å². The first-order chi connectivity index (χ1) is 11.9. The second-order valence-electron chi connectivity index (χ2n) is 7.43. The number of nitrogens with two attached hydrogens (primary N) is 1. The summed E-state index contributed by atoms with van der Waals surface area (Å²) in [5.74, 6) is -0.572. The van der Waals surface area contributed by atoms with Crippen molar-refractivity contribution in [2.75, 3.05) is 23.3 Å². The predicted molar refractivity (Wildman–Crippen MR) is 97.2 cm³/mol. The zero-order valence-electron chi connectivity index (χ0n) is 15.0. The van der Waals surface area contributed by atoms with Gasteiger partial charge in [0.05, 0.1) is 17.9 Å². The van der Waals surface area contributed by atoms with Crippen LogP contribution < -0.4 is 16.0 Å². The van der Waals surface area contributed by atoms with Gasteiger partial charge in [0.1, 0.15) is 5.82 Å². The van der Waals surface area contributed by atoms with Crippen molar-refractivity contribution in [1.82, 2.24) is 0 Å². The topological polar surface area (TPSA) is 67.6 Å². The first kappa shape index (κ1) is 18.1. The van der Waals surface area contributed by atoms with Gasteiger partial charge in [-0.25, -0.2) is 4.39 Å². The standard InChI is InChI=1S/C19H28FN3O2/c1-12-10-23(11-13(2)25-12)16-7-8-18(17(20)9-16)22-19(24)14-3-5-15(21)6-4-14/h7-9,12-15H,3-6,10-11,21H2,1-2H3,(H,22,24). The summed E-state index contributed by atoms with van der Waals surface area (Å²) in [5.41, 5.74) is 6.94. The fourth-order valence-corrected chi connectivity index (χ4v) is 3.81. The van der Waals surface area contributed by atoms with E-state index in [1.165, 1.54) is 6.07 Å². The fourth-order valence-electron chi connectivity index (χ4n) is 3.81. The number of carbonyl (C=O) groups excluding carboxylic acids is 1. The van der Waals surface area contributed by atoms with E-state index >= 15 is 0 Å². The van der Waals surface area contributed by atoms with Crippen LogP contribution in [0.25, 0.3) is 0 Å². The summed E-state index contributed by atoms with van der Waals surface area (Å²) in [6, 6.07) is 5.21. The van der Waals surface area contributed by atoms with Gasteiger partial charge in [-0.05, 0) is 57.7 Å². The van der Waals surface area contributed by atoms with Gasteiger partial charge in [0.25, 0.3) is 0 Å². The lowest BCUT2D eigenvalue weighted by Gasteiger charge is -2.37. The molecule has 138 valence electrons. The zero-order valence-corrected chi connectivity index (χ0v) is 15.0. The molecule has 1 aliphatic carbocycles. The molecule has 0 spiro atoms. The largest absolute Gasteiger partial charge is 0.372 e. The van der Waals surface area contributed by atoms with Crippen LogP contribution in [0.1, 0.15) is 39.5 Å². The van der Waals surface area contributed by atoms with E-state index < -0.39 is 5.82 Å². The summed E-state index contributed by atoms with van der Waals surface area (Å²) in [5, 5.41) is 2.74. The molecule has 1 aromatic rings. The monoisotopic (exact) mass is 349 g/mol. The number of rotatable bonds is 3. The van der Waals surface area contributed by atoms with E-state index in [2.05, 4.69) is 10.2 Å². The Hall–Kier alpha value is -1.66. The fraction of sp³-hybridized carbons (Fsp3) is 0.632. The van der Waals surface area contributed by atoms with E-state index in [9.17, 15) is 9.18 Å². The molecule has 0 radical (unpaired) electrons. The Morgan fingerprint density at radius 1 is 1.20 bits per heavy atom. The average molecular weight is 349 g/mol. The molecule has 5 nitrogen and oxygen atoms in total. The predicted octanol–water partition coefficient (Wildman–Crippen LogP) is 2.90. The van der Waals surface area contributed by atoms with Gasteiger partial charge in [-0.15, -0.1) is 0 Å². The number of anilines is 2. The van der Waals surface area contributed by atoms with Crippen molar-refractivity contribution in [2.45, 2.75) is 57.8 Å². The summed E-state index contributed by atoms with van der Waals surface area (Å²) < 4.78 is 20.2. The van der Waals surface area contributed by atoms with E-state index in [1.54, 1.807) is 6.07 Å². The van der Waals surface area contributed by atoms with E-state index in [1.807, 2.05) is 19.9 Å². The molecule has 2 fully saturated rings. The first-order valence-electron chi connectivity index (χ1n) is 9.18. The minimum Gasteiger partial charge on any atom is -0.372 e. The van der Waals surface area contributed by atoms with Gasteiger partial charge >= 0.3 is 0 Å². The van der Waals surface area contributed by atoms with Crippen molar-refractivity contribution < 1.29 is 13.9 Å². The number of ether oxygens (including phenoxy) is 1. The second kappa shape index (κ2) is 7.70. The quantitative estimate of drug-likeness (QED) is 0.880. The maximum absolute atomic E-state index is 14.5. The Balaban J connectivity index is 1.64. The van der Waals surface area contributed by atoms with E-state index in [4.69, 9.17) is 10.5 Å². The summed E-state index contributed by atoms with van der Waals surface area (Å²) in [4.78, 5) is 14.5. The first-order valence-corrected chi connectivity index (χ1v) is 9.18. The molecule has 1 saturated heterocycles. The molecule has 2 atom stereocenters. The Morgan fingerprint density at radius 2 is 1.84 bits per heavy atom. The number of hydrogen-bond acceptors (Lipinski definition) is 4. The SMILES string of the molecule is CC1CN(c2ccc(NC(=O)C3CCC(N)CC3)c(F)c2)CC(C)O1. The van der Waals surface area contributed by atoms with Crippen molar-refractivity contribution in [3.8, 4) is 0 Å². The van der Waals surface area contributed by atoms with Crippen LogP contribution in [0.2, 0.25) is 0 Å². The van der Waals surface area contributed by atoms with Crippen LogP contribution in [0.5, 0.6) is 0 Å². The summed E-state index contributed by atoms with van der Waals surface area (Å²) in [6.45, 7) is 5.50. The average Bonchev–Trinajstić information content (AvgIpc) is 2.56. The van der Waals surface area contributed by atoms with Crippen molar-refractivity contribution in [1.29, 1.82) is 0 Å². The molecule has 6 heteroatoms. The molecule has 1 aromatic carbocycles. The molecule has 3 rings (SSSR count). The van der Waals surface area contributed by atoms with Gasteiger partial charge in [0, 0.05) is 30.7 Å². The minimum atomic E-state index is -0.398. The lowest BCUT2D eigenvalue weighted by Crippen LogP contribution is -2.45. The highest BCUT2D eigenvalue weighted by atomic mass is 19.1. The number of carbonyl (C=O) groups is 1. The third-order valence-corrected chi connectivity index (χ3v) is 5.14. The molecule has 0 aromatic heterocycles. The van der Waals surface area contributed by atoms with Crippen LogP contribution in [0.3, 0.4) is 0 Å². The van der Waals surface area contributed by atoms with Gasteiger partial charge in [-0.2, -0.15) is 0 Å². The van der Waals surface area contributed by atoms with Gasteiger partial charge in [-0.3, -0.25) is 4.79 Å². The van der Waals surface area contributed by atoms with Crippen molar-refractivity contribution in [2.24, 2.45) is 11.7 Å². The van der Waals surface area contributed by atoms with Gasteiger partial charge < -0.3 is 20.7 Å². The molecule has 1 amide bonds. The Bertz CT molecular complexity index is 607. The lowest BCUT2D eigenvalue weighted by atomic mass is 9.86. The number of morpholine rings is 1. The minimum absolute atomic E-state index is 0.0696. The maximum Gasteiger partial charge on any atom is 0.227 e. The molecule has 1 aliphatic heterocycles. The lowest BCUT2D eigenvalue weighted by molar-refractivity contribution is -0.120. The highest BCUT2D eigenvalue weighted by Gasteiger charge is 2.26. The van der Waals surface area contributed by atoms with Crippen molar-refractivity contribution >= 4 is 17.3 Å². The van der Waals surface area contributed by atoms with E-state index in [0.717, 1.165) is 44.5 Å². The number of halogens is 1. The van der Waals surface area contributed by atoms with Crippen LogP contribution in [-0.4, -0.2) is 37.2 Å². The molecule has 3 N–H and O–H groups in total. The molecule has 2 unspecified atom stereocenters. The summed E-state index contributed by atoms with van der Waals surface area (Å²) in [6.07, 6.45) is 3.49. The van der Waals surface area contributed by atoms with Gasteiger partial charge in [0.15, 0.2) is 0 Å². The third-order valence-electron chi connectivity index (χ3n) is 5.14. The van der Waals surface area contributed by atoms with E-state index in [-0.39, 0.29) is 35.8 Å². The van der Waals surface area contributed by atoms with Crippen LogP contribution in [0, 0.1) is 11.7 Å². The molecule has 2 aliphatic rings. The number of hydrogen-bond donors (Lipinski definition) is 2. The molecule has 0 bridgehead atoms. The third kappa shape index (κ3) is 4.50. The smallest absolute Gasteiger partial charge is 0.227 e. The number of nitrogens with one attached hydrogen (secondary N) is 1. The highest BCUT2D eigenvalue weighted by Crippen LogP contribution is 2.28. The Labute approximate surface area is 148 Å². The molecule has 1 heterocycles. The summed E-state index contributed by atoms with van der Waals surface area (Å²) >= 11 is 0. The Kier molecular flexibility index (Phi) is 5.59. The van der Waals surface area contributed by atoms with Crippen molar-refractivity contribution in [3.63, 3.8) is 0 Å². The van der Waals surface area contributed by atoms with Gasteiger partial charge in [0.2, 0.25) is 5.91 Å². The number of nitrogens with zero attached hydrogens (tertiary/aromatic N) is 1. The van der Waals surface area contributed by atoms with Crippen LogP contribution in [0.4, 0.5) is 15.8 Å². The second-order valence-corrected chi connectivity index (χ2v) is 7.43. The van der Waals surface area contributed by atoms with Gasteiger partial charge in [-0.1, -0.05) is 0 Å². The molecular weight excluding hydrogens is 321 g/mol. The zero-order chi connectivity index (χ0) is 18.0. The maximum atomic E-state index is 14.5.